The zero-order valence-electron chi connectivity index (χ0n) is 14.2. The van der Waals surface area contributed by atoms with Crippen molar-refractivity contribution in [3.8, 4) is 0 Å². The highest BCUT2D eigenvalue weighted by Gasteiger charge is 2.51. The lowest BCUT2D eigenvalue weighted by Gasteiger charge is -2.27. The summed E-state index contributed by atoms with van der Waals surface area (Å²) in [5.74, 6) is -0.206. The lowest BCUT2D eigenvalue weighted by atomic mass is 9.87. The second kappa shape index (κ2) is 7.15. The lowest BCUT2D eigenvalue weighted by Crippen LogP contribution is -2.44. The maximum atomic E-state index is 13.1. The molecule has 1 N–H and O–H groups in total. The van der Waals surface area contributed by atoms with Gasteiger partial charge in [-0.3, -0.25) is 9.69 Å². The van der Waals surface area contributed by atoms with E-state index >= 15 is 0 Å². The summed E-state index contributed by atoms with van der Waals surface area (Å²) in [5.41, 5.74) is -0.170. The van der Waals surface area contributed by atoms with Crippen molar-refractivity contribution in [2.24, 2.45) is 0 Å². The fraction of sp³-hybridized carbons (Fsp3) is 0.333. The van der Waals surface area contributed by atoms with Crippen LogP contribution in [0.5, 0.6) is 0 Å². The minimum Gasteiger partial charge on any atom is -0.319 e. The Morgan fingerprint density at radius 1 is 1.20 bits per heavy atom. The lowest BCUT2D eigenvalue weighted by molar-refractivity contribution is -0.133. The standard InChI is InChI=1S/C18H20ClN3O2S/c1-3-18(13-7-5-4-6-8-13)16(23)22(17(24)20-18)12-21(2)11-14-9-10-15(19)25-14/h4-10H,3,11-12H2,1-2H3,(H,20,24)/t18-/m1/s1. The SMILES string of the molecule is CC[C@]1(c2ccccc2)NC(=O)N(CN(C)Cc2ccc(Cl)s2)C1=O. The van der Waals surface area contributed by atoms with Crippen LogP contribution in [0.25, 0.3) is 0 Å². The molecule has 1 saturated heterocycles. The van der Waals surface area contributed by atoms with Crippen molar-refractivity contribution in [2.45, 2.75) is 25.4 Å². The molecule has 0 unspecified atom stereocenters. The van der Waals surface area contributed by atoms with E-state index in [2.05, 4.69) is 5.32 Å². The van der Waals surface area contributed by atoms with Crippen molar-refractivity contribution >= 4 is 34.9 Å². The van der Waals surface area contributed by atoms with Crippen LogP contribution in [0, 0.1) is 0 Å². The summed E-state index contributed by atoms with van der Waals surface area (Å²) in [6, 6.07) is 12.8. The Kier molecular flexibility index (Phi) is 5.13. The summed E-state index contributed by atoms with van der Waals surface area (Å²) in [4.78, 5) is 29.8. The average Bonchev–Trinajstić information content (AvgIpc) is 3.11. The topological polar surface area (TPSA) is 52.7 Å². The quantitative estimate of drug-likeness (QED) is 0.782. The molecule has 0 aliphatic carbocycles. The van der Waals surface area contributed by atoms with E-state index in [1.807, 2.05) is 61.3 Å². The van der Waals surface area contributed by atoms with Crippen molar-refractivity contribution < 1.29 is 9.59 Å². The highest BCUT2D eigenvalue weighted by Crippen LogP contribution is 2.32. The van der Waals surface area contributed by atoms with E-state index in [1.165, 1.54) is 16.2 Å². The highest BCUT2D eigenvalue weighted by molar-refractivity contribution is 7.16. The van der Waals surface area contributed by atoms with Gasteiger partial charge in [0.05, 0.1) is 11.0 Å². The molecule has 132 valence electrons. The summed E-state index contributed by atoms with van der Waals surface area (Å²) in [7, 11) is 1.88. The third-order valence-corrected chi connectivity index (χ3v) is 5.63. The molecule has 1 aromatic heterocycles. The number of nitrogens with zero attached hydrogens (tertiary/aromatic N) is 2. The van der Waals surface area contributed by atoms with Gasteiger partial charge in [-0.05, 0) is 31.2 Å². The molecule has 1 fully saturated rings. The number of hydrogen-bond donors (Lipinski definition) is 1. The third kappa shape index (κ3) is 3.42. The summed E-state index contributed by atoms with van der Waals surface area (Å²) < 4.78 is 0.729. The van der Waals surface area contributed by atoms with Crippen LogP contribution in [0.15, 0.2) is 42.5 Å². The van der Waals surface area contributed by atoms with Gasteiger partial charge in [0, 0.05) is 11.4 Å². The molecule has 5 nitrogen and oxygen atoms in total. The van der Waals surface area contributed by atoms with Crippen LogP contribution in [0.2, 0.25) is 4.34 Å². The minimum absolute atomic E-state index is 0.206. The fourth-order valence-electron chi connectivity index (χ4n) is 3.11. The van der Waals surface area contributed by atoms with Gasteiger partial charge in [0.15, 0.2) is 0 Å². The molecule has 25 heavy (non-hydrogen) atoms. The van der Waals surface area contributed by atoms with Gasteiger partial charge in [0.2, 0.25) is 0 Å². The van der Waals surface area contributed by atoms with Crippen LogP contribution in [0.3, 0.4) is 0 Å². The predicted molar refractivity (Wildman–Crippen MR) is 99.5 cm³/mol. The van der Waals surface area contributed by atoms with Gasteiger partial charge in [-0.15, -0.1) is 11.3 Å². The Morgan fingerprint density at radius 2 is 1.92 bits per heavy atom. The van der Waals surface area contributed by atoms with Gasteiger partial charge in [0.1, 0.15) is 5.54 Å². The molecular formula is C18H20ClN3O2S. The smallest absolute Gasteiger partial charge is 0.319 e. The molecule has 0 saturated carbocycles. The van der Waals surface area contributed by atoms with Crippen LogP contribution in [0.1, 0.15) is 23.8 Å². The molecule has 2 aromatic rings. The molecule has 3 rings (SSSR count). The van der Waals surface area contributed by atoms with E-state index in [1.54, 1.807) is 0 Å². The second-order valence-corrected chi connectivity index (χ2v) is 7.95. The predicted octanol–water partition coefficient (Wildman–Crippen LogP) is 3.65. The number of urea groups is 1. The first kappa shape index (κ1) is 17.9. The van der Waals surface area contributed by atoms with Gasteiger partial charge in [-0.1, -0.05) is 48.9 Å². The van der Waals surface area contributed by atoms with Crippen LogP contribution in [-0.2, 0) is 16.9 Å². The third-order valence-electron chi connectivity index (χ3n) is 4.41. The number of imide groups is 1. The Hall–Kier alpha value is -1.89. The Labute approximate surface area is 156 Å². The van der Waals surface area contributed by atoms with E-state index < -0.39 is 5.54 Å². The number of amides is 3. The number of benzene rings is 1. The molecule has 1 aliphatic rings. The summed E-state index contributed by atoms with van der Waals surface area (Å²) in [6.45, 7) is 2.76. The maximum Gasteiger partial charge on any atom is 0.326 e. The number of hydrogen-bond acceptors (Lipinski definition) is 4. The first-order chi connectivity index (χ1) is 12.0. The van der Waals surface area contributed by atoms with E-state index in [0.29, 0.717) is 13.0 Å². The van der Waals surface area contributed by atoms with Crippen LogP contribution >= 0.6 is 22.9 Å². The summed E-state index contributed by atoms with van der Waals surface area (Å²) >= 11 is 7.45. The average molecular weight is 378 g/mol. The number of thiophene rings is 1. The number of carbonyl (C=O) groups is 2. The molecule has 7 heteroatoms. The molecule has 1 aliphatic heterocycles. The highest BCUT2D eigenvalue weighted by atomic mass is 35.5. The number of carbonyl (C=O) groups excluding carboxylic acids is 2. The first-order valence-corrected chi connectivity index (χ1v) is 9.28. The van der Waals surface area contributed by atoms with E-state index in [0.717, 1.165) is 14.8 Å². The normalized spacial score (nSPS) is 20.4. The minimum atomic E-state index is -0.981. The Bertz CT molecular complexity index is 780. The second-order valence-electron chi connectivity index (χ2n) is 6.15. The van der Waals surface area contributed by atoms with E-state index in [9.17, 15) is 9.59 Å². The maximum absolute atomic E-state index is 13.1. The molecule has 0 bridgehead atoms. The van der Waals surface area contributed by atoms with Crippen molar-refractivity contribution in [2.75, 3.05) is 13.7 Å². The molecule has 3 amide bonds. The summed E-state index contributed by atoms with van der Waals surface area (Å²) in [5, 5.41) is 2.90. The molecular weight excluding hydrogens is 358 g/mol. The molecule has 2 heterocycles. The van der Waals surface area contributed by atoms with Crippen molar-refractivity contribution in [3.05, 3.63) is 57.2 Å². The van der Waals surface area contributed by atoms with Gasteiger partial charge < -0.3 is 5.32 Å². The summed E-state index contributed by atoms with van der Waals surface area (Å²) in [6.07, 6.45) is 0.502. The van der Waals surface area contributed by atoms with E-state index in [-0.39, 0.29) is 18.6 Å². The van der Waals surface area contributed by atoms with Gasteiger partial charge in [-0.2, -0.15) is 0 Å². The Morgan fingerprint density at radius 3 is 2.52 bits per heavy atom. The number of rotatable bonds is 6. The fourth-order valence-corrected chi connectivity index (χ4v) is 4.28. The Balaban J connectivity index is 1.76. The largest absolute Gasteiger partial charge is 0.326 e. The molecule has 0 spiro atoms. The number of halogens is 1. The van der Waals surface area contributed by atoms with Crippen molar-refractivity contribution in [1.29, 1.82) is 0 Å². The monoisotopic (exact) mass is 377 g/mol. The molecule has 0 radical (unpaired) electrons. The van der Waals surface area contributed by atoms with Gasteiger partial charge in [0.25, 0.3) is 5.91 Å². The zero-order chi connectivity index (χ0) is 18.0. The van der Waals surface area contributed by atoms with Crippen LogP contribution in [-0.4, -0.2) is 35.5 Å². The van der Waals surface area contributed by atoms with Crippen molar-refractivity contribution in [1.82, 2.24) is 15.1 Å². The van der Waals surface area contributed by atoms with Crippen LogP contribution < -0.4 is 5.32 Å². The first-order valence-electron chi connectivity index (χ1n) is 8.08. The zero-order valence-corrected chi connectivity index (χ0v) is 15.7. The van der Waals surface area contributed by atoms with Crippen molar-refractivity contribution in [3.63, 3.8) is 0 Å². The molecule has 1 aromatic carbocycles. The van der Waals surface area contributed by atoms with E-state index in [4.69, 9.17) is 11.6 Å². The van der Waals surface area contributed by atoms with Gasteiger partial charge >= 0.3 is 6.03 Å². The van der Waals surface area contributed by atoms with Gasteiger partial charge in [-0.25, -0.2) is 9.69 Å². The number of nitrogens with one attached hydrogen (secondary N) is 1. The van der Waals surface area contributed by atoms with Crippen LogP contribution in [0.4, 0.5) is 4.79 Å². The molecule has 1 atom stereocenters.